The maximum Gasteiger partial charge on any atom is 0.217 e. The van der Waals surface area contributed by atoms with Gasteiger partial charge in [-0.05, 0) is 32.3 Å². The Morgan fingerprint density at radius 3 is 2.64 bits per heavy atom. The number of hydrogen-bond acceptors (Lipinski definition) is 2. The summed E-state index contributed by atoms with van der Waals surface area (Å²) in [6.45, 7) is 2.17. The monoisotopic (exact) mass is 321 g/mol. The number of carbonyl (C=O) groups excluding carboxylic acids is 1. The fraction of sp³-hybridized carbons (Fsp3) is 0.300. The van der Waals surface area contributed by atoms with E-state index in [1.807, 2.05) is 12.1 Å². The third kappa shape index (κ3) is 3.88. The van der Waals surface area contributed by atoms with Gasteiger partial charge >= 0.3 is 0 Å². The summed E-state index contributed by atoms with van der Waals surface area (Å²) in [4.78, 5) is 10.8. The Kier molecular flexibility index (Phi) is 5.32. The minimum Gasteiger partial charge on any atom is -0.352 e. The molecule has 14 heavy (non-hydrogen) atoms. The molecule has 0 aliphatic carbocycles. The predicted octanol–water partition coefficient (Wildman–Crippen LogP) is 2.91. The maximum absolute atomic E-state index is 10.8. The Bertz CT molecular complexity index is 317. The van der Waals surface area contributed by atoms with Crippen molar-refractivity contribution in [2.75, 3.05) is 0 Å². The number of carbonyl (C=O) groups is 1. The van der Waals surface area contributed by atoms with E-state index < -0.39 is 0 Å². The smallest absolute Gasteiger partial charge is 0.217 e. The number of hydrogen-bond donors (Lipinski definition) is 1. The van der Waals surface area contributed by atoms with Crippen molar-refractivity contribution in [1.29, 1.82) is 0 Å². The zero-order valence-electron chi connectivity index (χ0n) is 7.92. The van der Waals surface area contributed by atoms with Gasteiger partial charge in [-0.2, -0.15) is 0 Å². The first-order chi connectivity index (χ1) is 6.74. The summed E-state index contributed by atoms with van der Waals surface area (Å²) in [5.41, 5.74) is 2.49. The van der Waals surface area contributed by atoms with E-state index in [-0.39, 0.29) is 5.91 Å². The fourth-order valence-corrected chi connectivity index (χ4v) is 2.55. The quantitative estimate of drug-likeness (QED) is 0.864. The van der Waals surface area contributed by atoms with Crippen LogP contribution in [0.2, 0.25) is 0 Å². The lowest BCUT2D eigenvalue weighted by Gasteiger charge is -2.07. The highest BCUT2D eigenvalue weighted by Crippen LogP contribution is 2.21. The normalized spacial score (nSPS) is 9.86. The Labute approximate surface area is 100 Å². The van der Waals surface area contributed by atoms with Gasteiger partial charge in [-0.25, -0.2) is 0 Å². The van der Waals surface area contributed by atoms with Gasteiger partial charge in [0.15, 0.2) is 0 Å². The van der Waals surface area contributed by atoms with Crippen molar-refractivity contribution in [3.8, 4) is 0 Å². The number of amides is 1. The number of benzene rings is 1. The molecule has 0 atom stereocenters. The number of rotatable bonds is 4. The van der Waals surface area contributed by atoms with Crippen molar-refractivity contribution in [1.82, 2.24) is 5.32 Å². The zero-order chi connectivity index (χ0) is 10.4. The van der Waals surface area contributed by atoms with Gasteiger partial charge in [-0.3, -0.25) is 4.79 Å². The van der Waals surface area contributed by atoms with Crippen LogP contribution in [0, 0.1) is 0 Å². The first-order valence-electron chi connectivity index (χ1n) is 4.29. The summed E-state index contributed by atoms with van der Waals surface area (Å²) in [6.07, 6.45) is 0. The summed E-state index contributed by atoms with van der Waals surface area (Å²) >= 11 is 2.28. The van der Waals surface area contributed by atoms with Crippen LogP contribution >= 0.6 is 30.1 Å². The molecule has 0 spiro atoms. The van der Waals surface area contributed by atoms with Crippen LogP contribution in [0.25, 0.3) is 0 Å². The fourth-order valence-electron chi connectivity index (χ4n) is 1.15. The van der Waals surface area contributed by atoms with Crippen LogP contribution < -0.4 is 5.32 Å². The first-order valence-corrected chi connectivity index (χ1v) is 7.81. The topological polar surface area (TPSA) is 29.1 Å². The second-order valence-electron chi connectivity index (χ2n) is 2.93. The van der Waals surface area contributed by atoms with Crippen LogP contribution in [0.1, 0.15) is 18.1 Å². The molecule has 2 nitrogen and oxygen atoms in total. The largest absolute Gasteiger partial charge is 0.352 e. The van der Waals surface area contributed by atoms with Gasteiger partial charge in [0.1, 0.15) is 0 Å². The third-order valence-corrected chi connectivity index (χ3v) is 3.21. The molecule has 1 rings (SSSR count). The van der Waals surface area contributed by atoms with Gasteiger partial charge < -0.3 is 5.32 Å². The van der Waals surface area contributed by atoms with Crippen LogP contribution in [0.5, 0.6) is 0 Å². The van der Waals surface area contributed by atoms with Crippen LogP contribution in [0.15, 0.2) is 24.3 Å². The SMILES string of the molecule is CC(=O)NCc1ccccc1CSI. The molecule has 0 saturated heterocycles. The van der Waals surface area contributed by atoms with E-state index >= 15 is 0 Å². The molecule has 0 radical (unpaired) electrons. The first kappa shape index (κ1) is 11.8. The van der Waals surface area contributed by atoms with Crippen molar-refractivity contribution in [2.24, 2.45) is 0 Å². The predicted molar refractivity (Wildman–Crippen MR) is 69.3 cm³/mol. The summed E-state index contributed by atoms with van der Waals surface area (Å²) in [5.74, 6) is 0.998. The molecule has 1 aromatic carbocycles. The van der Waals surface area contributed by atoms with Crippen molar-refractivity contribution < 1.29 is 4.79 Å². The third-order valence-electron chi connectivity index (χ3n) is 1.86. The molecule has 0 unspecified atom stereocenters. The Morgan fingerprint density at radius 2 is 2.07 bits per heavy atom. The summed E-state index contributed by atoms with van der Waals surface area (Å²) in [7, 11) is 1.76. The van der Waals surface area contributed by atoms with Crippen LogP contribution in [-0.4, -0.2) is 5.91 Å². The second-order valence-corrected chi connectivity index (χ2v) is 5.31. The molecule has 0 bridgehead atoms. The lowest BCUT2D eigenvalue weighted by atomic mass is 10.1. The van der Waals surface area contributed by atoms with Crippen molar-refractivity contribution in [3.05, 3.63) is 35.4 Å². The standard InChI is InChI=1S/C10H12INOS/c1-8(13)12-6-9-4-2-3-5-10(9)7-14-11/h2-5H,6-7H2,1H3,(H,12,13). The minimum atomic E-state index is 0.0157. The molecule has 1 aromatic rings. The molecule has 0 fully saturated rings. The van der Waals surface area contributed by atoms with Crippen LogP contribution in [0.3, 0.4) is 0 Å². The highest BCUT2D eigenvalue weighted by molar-refractivity contribution is 14.2. The van der Waals surface area contributed by atoms with Crippen molar-refractivity contribution in [3.63, 3.8) is 0 Å². The van der Waals surface area contributed by atoms with E-state index in [4.69, 9.17) is 0 Å². The van der Waals surface area contributed by atoms with E-state index in [1.165, 1.54) is 18.1 Å². The maximum atomic E-state index is 10.8. The van der Waals surface area contributed by atoms with Crippen LogP contribution in [0.4, 0.5) is 0 Å². The molecule has 4 heteroatoms. The Balaban J connectivity index is 2.68. The Morgan fingerprint density at radius 1 is 1.43 bits per heavy atom. The highest BCUT2D eigenvalue weighted by atomic mass is 127. The van der Waals surface area contributed by atoms with Gasteiger partial charge in [0.25, 0.3) is 0 Å². The Hall–Kier alpha value is -0.230. The lowest BCUT2D eigenvalue weighted by molar-refractivity contribution is -0.119. The molecule has 0 saturated carbocycles. The lowest BCUT2D eigenvalue weighted by Crippen LogP contribution is -2.19. The number of halogens is 1. The minimum absolute atomic E-state index is 0.0157. The molecule has 0 aromatic heterocycles. The van der Waals surface area contributed by atoms with E-state index in [2.05, 4.69) is 38.7 Å². The van der Waals surface area contributed by atoms with E-state index in [0.717, 1.165) is 5.75 Å². The average Bonchev–Trinajstić information content (AvgIpc) is 2.17. The van der Waals surface area contributed by atoms with Gasteiger partial charge in [-0.1, -0.05) is 33.2 Å². The van der Waals surface area contributed by atoms with Crippen LogP contribution in [-0.2, 0) is 17.1 Å². The van der Waals surface area contributed by atoms with E-state index in [0.29, 0.717) is 6.54 Å². The summed E-state index contributed by atoms with van der Waals surface area (Å²) in [6, 6.07) is 8.18. The number of nitrogens with one attached hydrogen (secondary N) is 1. The van der Waals surface area contributed by atoms with E-state index in [1.54, 1.807) is 8.93 Å². The average molecular weight is 321 g/mol. The molecule has 0 aliphatic rings. The molecule has 1 N–H and O–H groups in total. The molecular formula is C10H12INOS. The second kappa shape index (κ2) is 6.29. The summed E-state index contributed by atoms with van der Waals surface area (Å²) < 4.78 is 0. The van der Waals surface area contributed by atoms with Crippen molar-refractivity contribution >= 4 is 36.0 Å². The summed E-state index contributed by atoms with van der Waals surface area (Å²) in [5, 5.41) is 2.81. The van der Waals surface area contributed by atoms with E-state index in [9.17, 15) is 4.79 Å². The van der Waals surface area contributed by atoms with Gasteiger partial charge in [0, 0.05) is 19.2 Å². The highest BCUT2D eigenvalue weighted by Gasteiger charge is 2.01. The molecule has 1 amide bonds. The van der Waals surface area contributed by atoms with Gasteiger partial charge in [0.05, 0.1) is 0 Å². The molecule has 0 heterocycles. The molecule has 0 aliphatic heterocycles. The molecule has 76 valence electrons. The molecular weight excluding hydrogens is 309 g/mol. The van der Waals surface area contributed by atoms with Gasteiger partial charge in [-0.15, -0.1) is 0 Å². The van der Waals surface area contributed by atoms with Crippen molar-refractivity contribution in [2.45, 2.75) is 19.2 Å². The zero-order valence-corrected chi connectivity index (χ0v) is 10.9. The van der Waals surface area contributed by atoms with Gasteiger partial charge in [0.2, 0.25) is 5.91 Å².